The molecular weight excluding hydrogens is 626 g/mol. The highest BCUT2D eigenvalue weighted by Crippen LogP contribution is 2.12. The molecule has 0 atom stereocenters. The second kappa shape index (κ2) is 31.7. The van der Waals surface area contributed by atoms with Crippen LogP contribution in [0.1, 0.15) is 12.8 Å². The molecule has 16 nitrogen and oxygen atoms in total. The predicted octanol–water partition coefficient (Wildman–Crippen LogP) is 0.774. The van der Waals surface area contributed by atoms with Gasteiger partial charge in [-0.1, -0.05) is 0 Å². The number of aliphatic carboxylic acids is 1. The zero-order valence-electron chi connectivity index (χ0n) is 27.1. The van der Waals surface area contributed by atoms with E-state index in [-0.39, 0.29) is 26.1 Å². The number of carboxylic acids is 1. The molecule has 0 saturated heterocycles. The summed E-state index contributed by atoms with van der Waals surface area (Å²) < 4.78 is 59.1. The molecule has 0 heterocycles. The van der Waals surface area contributed by atoms with Gasteiger partial charge in [-0.3, -0.25) is 9.59 Å². The van der Waals surface area contributed by atoms with Crippen LogP contribution in [-0.4, -0.2) is 155 Å². The van der Waals surface area contributed by atoms with Gasteiger partial charge in [0.25, 0.3) is 0 Å². The van der Waals surface area contributed by atoms with Crippen molar-refractivity contribution in [2.75, 3.05) is 138 Å². The summed E-state index contributed by atoms with van der Waals surface area (Å²) in [5.74, 6) is -2.48. The van der Waals surface area contributed by atoms with Crippen molar-refractivity contribution in [1.29, 1.82) is 0 Å². The van der Waals surface area contributed by atoms with Gasteiger partial charge in [0.05, 0.1) is 125 Å². The molecule has 0 radical (unpaired) electrons. The lowest BCUT2D eigenvalue weighted by molar-refractivity contribution is -0.151. The van der Waals surface area contributed by atoms with Crippen molar-refractivity contribution in [3.63, 3.8) is 0 Å². The number of benzene rings is 1. The minimum absolute atomic E-state index is 0.0126. The molecule has 270 valence electrons. The smallest absolute Gasteiger partial charge is 0.372 e. The first kappa shape index (κ1) is 42.1. The number of nitrogen functional groups attached to an aromatic ring is 1. The van der Waals surface area contributed by atoms with E-state index < -0.39 is 17.7 Å². The fourth-order valence-electron chi connectivity index (χ4n) is 3.25. The molecule has 0 aliphatic heterocycles. The van der Waals surface area contributed by atoms with Gasteiger partial charge in [-0.05, 0) is 24.3 Å². The van der Waals surface area contributed by atoms with Crippen LogP contribution in [-0.2, 0) is 61.8 Å². The van der Waals surface area contributed by atoms with E-state index in [2.05, 4.69) is 0 Å². The maximum atomic E-state index is 11.4. The minimum Gasteiger partial charge on any atom is -0.491 e. The standard InChI is InChI=1S/C31H51NO15/c32-27-1-3-28(4-2-27)46-25-23-44-21-19-42-17-15-40-13-11-38-9-7-37-8-10-39-12-14-41-16-18-43-20-22-45-24-26-47-30(34)6-5-29(33)31(35)36/h1-4H,5-26,32H2,(H,35,36). The molecule has 0 aromatic heterocycles. The minimum atomic E-state index is -1.56. The summed E-state index contributed by atoms with van der Waals surface area (Å²) in [5, 5.41) is 8.44. The highest BCUT2D eigenvalue weighted by Gasteiger charge is 2.14. The summed E-state index contributed by atoms with van der Waals surface area (Å²) in [4.78, 5) is 32.6. The zero-order chi connectivity index (χ0) is 34.0. The Morgan fingerprint density at radius 3 is 1.13 bits per heavy atom. The van der Waals surface area contributed by atoms with Crippen LogP contribution in [0, 0.1) is 0 Å². The van der Waals surface area contributed by atoms with Crippen LogP contribution in [0.15, 0.2) is 24.3 Å². The number of esters is 1. The van der Waals surface area contributed by atoms with Gasteiger partial charge in [0.1, 0.15) is 19.0 Å². The van der Waals surface area contributed by atoms with Crippen LogP contribution in [0.2, 0.25) is 0 Å². The number of anilines is 1. The summed E-state index contributed by atoms with van der Waals surface area (Å²) >= 11 is 0. The van der Waals surface area contributed by atoms with Crippen molar-refractivity contribution in [3.05, 3.63) is 24.3 Å². The third-order valence-corrected chi connectivity index (χ3v) is 5.64. The van der Waals surface area contributed by atoms with Gasteiger partial charge in [0, 0.05) is 12.1 Å². The Morgan fingerprint density at radius 1 is 0.468 bits per heavy atom. The largest absolute Gasteiger partial charge is 0.491 e. The average molecular weight is 678 g/mol. The van der Waals surface area contributed by atoms with E-state index in [0.717, 1.165) is 5.75 Å². The number of carbonyl (C=O) groups is 3. The normalized spacial score (nSPS) is 11.1. The number of rotatable bonds is 35. The Labute approximate surface area is 275 Å². The van der Waals surface area contributed by atoms with Gasteiger partial charge in [0.15, 0.2) is 0 Å². The Bertz CT molecular complexity index is 903. The van der Waals surface area contributed by atoms with Gasteiger partial charge in [-0.15, -0.1) is 0 Å². The van der Waals surface area contributed by atoms with E-state index in [1.807, 2.05) is 12.1 Å². The number of carbonyl (C=O) groups excluding carboxylic acids is 2. The molecule has 0 amide bonds. The highest BCUT2D eigenvalue weighted by molar-refractivity contribution is 6.32. The van der Waals surface area contributed by atoms with E-state index in [9.17, 15) is 14.4 Å². The second-order valence-electron chi connectivity index (χ2n) is 9.38. The van der Waals surface area contributed by atoms with Crippen molar-refractivity contribution < 1.29 is 71.6 Å². The third-order valence-electron chi connectivity index (χ3n) is 5.64. The molecule has 0 fully saturated rings. The Kier molecular flexibility index (Phi) is 28.4. The van der Waals surface area contributed by atoms with Crippen LogP contribution in [0.25, 0.3) is 0 Å². The van der Waals surface area contributed by atoms with Crippen molar-refractivity contribution in [1.82, 2.24) is 0 Å². The second-order valence-corrected chi connectivity index (χ2v) is 9.38. The molecule has 0 unspecified atom stereocenters. The maximum absolute atomic E-state index is 11.4. The van der Waals surface area contributed by atoms with Crippen LogP contribution in [0.4, 0.5) is 5.69 Å². The molecule has 0 spiro atoms. The van der Waals surface area contributed by atoms with Crippen molar-refractivity contribution >= 4 is 23.4 Å². The average Bonchev–Trinajstić information content (AvgIpc) is 3.06. The first-order valence-corrected chi connectivity index (χ1v) is 15.6. The van der Waals surface area contributed by atoms with Gasteiger partial charge >= 0.3 is 11.9 Å². The highest BCUT2D eigenvalue weighted by atomic mass is 16.6. The molecule has 0 aliphatic carbocycles. The fraction of sp³-hybridized carbons (Fsp3) is 0.710. The van der Waals surface area contributed by atoms with Crippen molar-refractivity contribution in [2.24, 2.45) is 0 Å². The van der Waals surface area contributed by atoms with E-state index in [4.69, 9.17) is 62.9 Å². The molecule has 1 aromatic carbocycles. The molecular formula is C31H51NO15. The summed E-state index contributed by atoms with van der Waals surface area (Å²) in [6.07, 6.45) is -0.662. The molecule has 3 N–H and O–H groups in total. The van der Waals surface area contributed by atoms with E-state index in [1.165, 1.54) is 0 Å². The third kappa shape index (κ3) is 29.0. The number of nitrogens with two attached hydrogens (primary N) is 1. The zero-order valence-corrected chi connectivity index (χ0v) is 27.1. The first-order chi connectivity index (χ1) is 23.0. The number of Topliss-reactive ketones (excluding diaryl/α,β-unsaturated/α-hetero) is 1. The Hall–Kier alpha value is -2.93. The molecule has 1 aromatic rings. The lowest BCUT2D eigenvalue weighted by Crippen LogP contribution is -2.17. The first-order valence-electron chi connectivity index (χ1n) is 15.6. The Balaban J connectivity index is 1.66. The van der Waals surface area contributed by atoms with Gasteiger partial charge < -0.3 is 62.9 Å². The maximum Gasteiger partial charge on any atom is 0.372 e. The number of carboxylic acid groups (broad SMARTS) is 1. The lowest BCUT2D eigenvalue weighted by atomic mass is 10.2. The summed E-state index contributed by atoms with van der Waals surface area (Å²) in [5.41, 5.74) is 6.33. The van der Waals surface area contributed by atoms with Crippen LogP contribution in [0.5, 0.6) is 5.75 Å². The molecule has 47 heavy (non-hydrogen) atoms. The topological polar surface area (TPSA) is 199 Å². The molecule has 16 heteroatoms. The summed E-state index contributed by atoms with van der Waals surface area (Å²) in [6.45, 7) is 8.25. The van der Waals surface area contributed by atoms with Gasteiger partial charge in [-0.25, -0.2) is 4.79 Å². The van der Waals surface area contributed by atoms with Crippen LogP contribution < -0.4 is 10.5 Å². The van der Waals surface area contributed by atoms with Crippen molar-refractivity contribution in [3.8, 4) is 5.75 Å². The number of ether oxygens (including phenoxy) is 11. The lowest BCUT2D eigenvalue weighted by Gasteiger charge is -2.09. The monoisotopic (exact) mass is 677 g/mol. The Morgan fingerprint density at radius 2 is 0.787 bits per heavy atom. The van der Waals surface area contributed by atoms with E-state index in [0.29, 0.717) is 125 Å². The van der Waals surface area contributed by atoms with Crippen molar-refractivity contribution in [2.45, 2.75) is 12.8 Å². The van der Waals surface area contributed by atoms with Crippen LogP contribution in [0.3, 0.4) is 0 Å². The molecule has 0 saturated carbocycles. The fourth-order valence-corrected chi connectivity index (χ4v) is 3.25. The number of hydrogen-bond donors (Lipinski definition) is 2. The SMILES string of the molecule is Nc1ccc(OCCOCCOCCOCCOCCOCCOCCOCCOCCOCCOC(=O)CCC(=O)C(=O)O)cc1. The number of hydrogen-bond acceptors (Lipinski definition) is 15. The van der Waals surface area contributed by atoms with Gasteiger partial charge in [-0.2, -0.15) is 0 Å². The van der Waals surface area contributed by atoms with E-state index in [1.54, 1.807) is 12.1 Å². The van der Waals surface area contributed by atoms with Crippen LogP contribution >= 0.6 is 0 Å². The summed E-state index contributed by atoms with van der Waals surface area (Å²) in [6, 6.07) is 7.22. The molecule has 1 rings (SSSR count). The van der Waals surface area contributed by atoms with E-state index >= 15 is 0 Å². The predicted molar refractivity (Wildman–Crippen MR) is 167 cm³/mol. The quantitative estimate of drug-likeness (QED) is 0.0442. The molecule has 0 aliphatic rings. The summed E-state index contributed by atoms with van der Waals surface area (Å²) in [7, 11) is 0. The van der Waals surface area contributed by atoms with Gasteiger partial charge in [0.2, 0.25) is 5.78 Å². The number of ketones is 1. The molecule has 0 bridgehead atoms.